The lowest BCUT2D eigenvalue weighted by atomic mass is 10.0. The summed E-state index contributed by atoms with van der Waals surface area (Å²) in [7, 11) is 0. The van der Waals surface area contributed by atoms with Crippen molar-refractivity contribution in [1.29, 1.82) is 0 Å². The van der Waals surface area contributed by atoms with Gasteiger partial charge in [-0.3, -0.25) is 4.90 Å². The van der Waals surface area contributed by atoms with Crippen molar-refractivity contribution in [2.24, 2.45) is 0 Å². The Labute approximate surface area is 154 Å². The minimum atomic E-state index is -0.373. The van der Waals surface area contributed by atoms with Crippen LogP contribution in [0.15, 0.2) is 54.6 Å². The van der Waals surface area contributed by atoms with Crippen LogP contribution >= 0.6 is 0 Å². The number of para-hydroxylation sites is 2. The van der Waals surface area contributed by atoms with Crippen molar-refractivity contribution in [3.63, 3.8) is 0 Å². The molecule has 1 saturated heterocycles. The predicted octanol–water partition coefficient (Wildman–Crippen LogP) is 3.17. The molecular weight excluding hydrogens is 324 g/mol. The number of fused-ring (bicyclic) bond motifs is 1. The summed E-state index contributed by atoms with van der Waals surface area (Å²) in [5.74, 6) is 0. The maximum atomic E-state index is 10.7. The number of hydrogen-bond acceptors (Lipinski definition) is 3. The van der Waals surface area contributed by atoms with E-state index >= 15 is 0 Å². The van der Waals surface area contributed by atoms with E-state index < -0.39 is 0 Å². The van der Waals surface area contributed by atoms with Crippen LogP contribution in [-0.4, -0.2) is 53.5 Å². The Morgan fingerprint density at radius 1 is 1.00 bits per heavy atom. The largest absolute Gasteiger partial charge is 0.391 e. The highest BCUT2D eigenvalue weighted by atomic mass is 16.5. The molecular formula is C22H26N2O2. The van der Waals surface area contributed by atoms with Crippen molar-refractivity contribution >= 4 is 10.9 Å². The first kappa shape index (κ1) is 17.3. The van der Waals surface area contributed by atoms with Crippen LogP contribution < -0.4 is 0 Å². The van der Waals surface area contributed by atoms with Gasteiger partial charge in [0.2, 0.25) is 0 Å². The number of nitrogens with zero attached hydrogens (tertiary/aromatic N) is 2. The third-order valence-electron chi connectivity index (χ3n) is 5.27. The highest BCUT2D eigenvalue weighted by Gasteiger charge is 2.20. The van der Waals surface area contributed by atoms with Gasteiger partial charge in [0.05, 0.1) is 24.8 Å². The molecule has 1 fully saturated rings. The Balaban J connectivity index is 1.66. The van der Waals surface area contributed by atoms with Crippen molar-refractivity contribution < 1.29 is 9.84 Å². The van der Waals surface area contributed by atoms with E-state index in [1.807, 2.05) is 6.07 Å². The van der Waals surface area contributed by atoms with Gasteiger partial charge < -0.3 is 14.4 Å². The first-order valence-electron chi connectivity index (χ1n) is 9.36. The van der Waals surface area contributed by atoms with Gasteiger partial charge in [-0.1, -0.05) is 36.4 Å². The van der Waals surface area contributed by atoms with E-state index in [2.05, 4.69) is 64.9 Å². The predicted molar refractivity (Wildman–Crippen MR) is 105 cm³/mol. The molecule has 1 aliphatic heterocycles. The average molecular weight is 350 g/mol. The molecule has 1 atom stereocenters. The highest BCUT2D eigenvalue weighted by molar-refractivity contribution is 5.87. The van der Waals surface area contributed by atoms with Crippen LogP contribution in [0.25, 0.3) is 16.6 Å². The summed E-state index contributed by atoms with van der Waals surface area (Å²) in [6.07, 6.45) is 0.297. The van der Waals surface area contributed by atoms with E-state index in [0.29, 0.717) is 13.0 Å². The average Bonchev–Trinajstić information content (AvgIpc) is 2.95. The van der Waals surface area contributed by atoms with Gasteiger partial charge in [-0.15, -0.1) is 0 Å². The van der Waals surface area contributed by atoms with Gasteiger partial charge in [0, 0.05) is 42.8 Å². The first-order valence-corrected chi connectivity index (χ1v) is 9.36. The third kappa shape index (κ3) is 3.40. The molecule has 1 N–H and O–H groups in total. The highest BCUT2D eigenvalue weighted by Crippen LogP contribution is 2.30. The molecule has 0 radical (unpaired) electrons. The van der Waals surface area contributed by atoms with Crippen molar-refractivity contribution in [1.82, 2.24) is 9.47 Å². The number of morpholine rings is 1. The van der Waals surface area contributed by atoms with E-state index in [1.165, 1.54) is 22.2 Å². The molecule has 4 nitrogen and oxygen atoms in total. The van der Waals surface area contributed by atoms with Crippen LogP contribution in [0.2, 0.25) is 0 Å². The van der Waals surface area contributed by atoms with Crippen molar-refractivity contribution in [3.8, 4) is 5.69 Å². The first-order chi connectivity index (χ1) is 12.7. The molecule has 1 unspecified atom stereocenters. The van der Waals surface area contributed by atoms with Gasteiger partial charge in [-0.25, -0.2) is 0 Å². The van der Waals surface area contributed by atoms with Crippen LogP contribution in [0.5, 0.6) is 0 Å². The molecule has 136 valence electrons. The lowest BCUT2D eigenvalue weighted by Gasteiger charge is -2.28. The summed E-state index contributed by atoms with van der Waals surface area (Å²) in [6, 6.07) is 18.9. The minimum Gasteiger partial charge on any atom is -0.391 e. The van der Waals surface area contributed by atoms with E-state index in [9.17, 15) is 5.11 Å². The standard InChI is InChI=1S/C22H26N2O2/c1-17-21(15-19(25)16-23-11-13-26-14-12-23)20-9-5-6-10-22(20)24(17)18-7-3-2-4-8-18/h2-10,19,25H,11-16H2,1H3. The summed E-state index contributed by atoms with van der Waals surface area (Å²) in [4.78, 5) is 2.29. The maximum absolute atomic E-state index is 10.7. The molecule has 0 spiro atoms. The second-order valence-electron chi connectivity index (χ2n) is 7.02. The lowest BCUT2D eigenvalue weighted by molar-refractivity contribution is 0.0149. The van der Waals surface area contributed by atoms with Crippen LogP contribution in [0.1, 0.15) is 11.3 Å². The fourth-order valence-electron chi connectivity index (χ4n) is 3.98. The molecule has 4 heteroatoms. The summed E-state index contributed by atoms with van der Waals surface area (Å²) in [6.45, 7) is 6.19. The SMILES string of the molecule is Cc1c(CC(O)CN2CCOCC2)c2ccccc2n1-c1ccccc1. The summed E-state index contributed by atoms with van der Waals surface area (Å²) >= 11 is 0. The number of rotatable bonds is 5. The third-order valence-corrected chi connectivity index (χ3v) is 5.27. The number of β-amino-alcohol motifs (C(OH)–C–C–N with tert-alkyl or cyclic N) is 1. The molecule has 2 heterocycles. The second-order valence-corrected chi connectivity index (χ2v) is 7.02. The van der Waals surface area contributed by atoms with Crippen molar-refractivity contribution in [2.75, 3.05) is 32.8 Å². The topological polar surface area (TPSA) is 37.6 Å². The Morgan fingerprint density at radius 3 is 2.46 bits per heavy atom. The molecule has 1 aliphatic rings. The van der Waals surface area contributed by atoms with Gasteiger partial charge >= 0.3 is 0 Å². The van der Waals surface area contributed by atoms with Crippen LogP contribution in [0.3, 0.4) is 0 Å². The minimum absolute atomic E-state index is 0.373. The zero-order chi connectivity index (χ0) is 17.9. The van der Waals surface area contributed by atoms with E-state index in [0.717, 1.165) is 32.0 Å². The zero-order valence-electron chi connectivity index (χ0n) is 15.3. The zero-order valence-corrected chi connectivity index (χ0v) is 15.3. The number of benzene rings is 2. The number of aliphatic hydroxyl groups is 1. The van der Waals surface area contributed by atoms with Crippen LogP contribution in [0.4, 0.5) is 0 Å². The molecule has 0 amide bonds. The molecule has 0 bridgehead atoms. The Morgan fingerprint density at radius 2 is 1.69 bits per heavy atom. The molecule has 26 heavy (non-hydrogen) atoms. The summed E-state index contributed by atoms with van der Waals surface area (Å²) in [5.41, 5.74) is 4.81. The van der Waals surface area contributed by atoms with E-state index in [-0.39, 0.29) is 6.10 Å². The number of aromatic nitrogens is 1. The maximum Gasteiger partial charge on any atom is 0.0708 e. The van der Waals surface area contributed by atoms with Crippen molar-refractivity contribution in [3.05, 3.63) is 65.9 Å². The smallest absolute Gasteiger partial charge is 0.0708 e. The molecule has 1 aromatic heterocycles. The van der Waals surface area contributed by atoms with Gasteiger partial charge in [0.25, 0.3) is 0 Å². The van der Waals surface area contributed by atoms with Gasteiger partial charge in [-0.2, -0.15) is 0 Å². The fourth-order valence-corrected chi connectivity index (χ4v) is 3.98. The lowest BCUT2D eigenvalue weighted by Crippen LogP contribution is -2.41. The summed E-state index contributed by atoms with van der Waals surface area (Å²) < 4.78 is 7.70. The quantitative estimate of drug-likeness (QED) is 0.768. The van der Waals surface area contributed by atoms with Gasteiger partial charge in [-0.05, 0) is 30.7 Å². The number of ether oxygens (including phenoxy) is 1. The Bertz CT molecular complexity index is 866. The van der Waals surface area contributed by atoms with Gasteiger partial charge in [0.1, 0.15) is 0 Å². The second kappa shape index (κ2) is 7.62. The summed E-state index contributed by atoms with van der Waals surface area (Å²) in [5, 5.41) is 12.0. The van der Waals surface area contributed by atoms with E-state index in [1.54, 1.807) is 0 Å². The normalized spacial score (nSPS) is 16.8. The molecule has 0 aliphatic carbocycles. The Hall–Kier alpha value is -2.14. The molecule has 3 aromatic rings. The molecule has 0 saturated carbocycles. The van der Waals surface area contributed by atoms with Gasteiger partial charge in [0.15, 0.2) is 0 Å². The fraction of sp³-hybridized carbons (Fsp3) is 0.364. The molecule has 2 aromatic carbocycles. The number of aliphatic hydroxyl groups excluding tert-OH is 1. The Kier molecular flexibility index (Phi) is 5.07. The number of hydrogen-bond donors (Lipinski definition) is 1. The van der Waals surface area contributed by atoms with Crippen molar-refractivity contribution in [2.45, 2.75) is 19.4 Å². The van der Waals surface area contributed by atoms with E-state index in [4.69, 9.17) is 4.74 Å². The van der Waals surface area contributed by atoms with Crippen LogP contribution in [-0.2, 0) is 11.2 Å². The monoisotopic (exact) mass is 350 g/mol. The van der Waals surface area contributed by atoms with Crippen LogP contribution in [0, 0.1) is 6.92 Å². The molecule has 4 rings (SSSR count).